The van der Waals surface area contributed by atoms with Crippen molar-refractivity contribution in [2.45, 2.75) is 38.6 Å². The summed E-state index contributed by atoms with van der Waals surface area (Å²) in [7, 11) is 2.14. The second kappa shape index (κ2) is 3.77. The third kappa shape index (κ3) is 1.82. The molecule has 0 amide bonds. The van der Waals surface area contributed by atoms with E-state index in [0.717, 1.165) is 13.0 Å². The maximum Gasteiger partial charge on any atom is 0.0450 e. The summed E-state index contributed by atoms with van der Waals surface area (Å²) in [5.74, 6) is 0. The predicted molar refractivity (Wildman–Crippen MR) is 70.1 cm³/mol. The van der Waals surface area contributed by atoms with Gasteiger partial charge in [-0.2, -0.15) is 0 Å². The molecular formula is C14H22N2. The zero-order valence-electron chi connectivity index (χ0n) is 10.7. The van der Waals surface area contributed by atoms with Crippen LogP contribution in [0, 0.1) is 0 Å². The first-order valence-corrected chi connectivity index (χ1v) is 6.00. The first-order chi connectivity index (χ1) is 7.43. The molecule has 1 unspecified atom stereocenters. The first kappa shape index (κ1) is 11.5. The number of benzene rings is 1. The van der Waals surface area contributed by atoms with Crippen LogP contribution in [0.4, 0.5) is 5.69 Å². The summed E-state index contributed by atoms with van der Waals surface area (Å²) in [5, 5.41) is 0. The van der Waals surface area contributed by atoms with E-state index in [1.807, 2.05) is 0 Å². The van der Waals surface area contributed by atoms with Crippen molar-refractivity contribution < 1.29 is 0 Å². The normalized spacial score (nSPS) is 20.1. The number of likely N-dealkylation sites (N-methyl/N-ethyl adjacent to an activating group) is 1. The molecule has 16 heavy (non-hydrogen) atoms. The smallest absolute Gasteiger partial charge is 0.0450 e. The Labute approximate surface area is 98.4 Å². The highest BCUT2D eigenvalue weighted by atomic mass is 15.2. The number of nitrogens with zero attached hydrogens (tertiary/aromatic N) is 1. The minimum Gasteiger partial charge on any atom is -0.370 e. The lowest BCUT2D eigenvalue weighted by Gasteiger charge is -2.22. The number of rotatable bonds is 1. The van der Waals surface area contributed by atoms with Crippen LogP contribution in [0.25, 0.3) is 0 Å². The average Bonchev–Trinajstić information content (AvgIpc) is 2.54. The zero-order chi connectivity index (χ0) is 11.9. The van der Waals surface area contributed by atoms with Gasteiger partial charge in [-0.25, -0.2) is 0 Å². The molecule has 0 saturated carbocycles. The quantitative estimate of drug-likeness (QED) is 0.783. The fourth-order valence-corrected chi connectivity index (χ4v) is 2.39. The Hall–Kier alpha value is -1.02. The van der Waals surface area contributed by atoms with Crippen molar-refractivity contribution in [1.29, 1.82) is 0 Å². The van der Waals surface area contributed by atoms with Gasteiger partial charge < -0.3 is 10.6 Å². The Morgan fingerprint density at radius 3 is 2.62 bits per heavy atom. The molecule has 1 aromatic rings. The van der Waals surface area contributed by atoms with Crippen LogP contribution in [0.1, 0.15) is 31.9 Å². The maximum absolute atomic E-state index is 5.79. The third-order valence-electron chi connectivity index (χ3n) is 3.60. The summed E-state index contributed by atoms with van der Waals surface area (Å²) >= 11 is 0. The molecule has 1 aromatic carbocycles. The molecule has 2 N–H and O–H groups in total. The first-order valence-electron chi connectivity index (χ1n) is 6.00. The predicted octanol–water partition coefficient (Wildman–Crippen LogP) is 2.30. The van der Waals surface area contributed by atoms with Gasteiger partial charge in [-0.15, -0.1) is 0 Å². The van der Waals surface area contributed by atoms with Crippen LogP contribution in [0.5, 0.6) is 0 Å². The van der Waals surface area contributed by atoms with Gasteiger partial charge in [0.05, 0.1) is 0 Å². The van der Waals surface area contributed by atoms with Crippen molar-refractivity contribution in [3.63, 3.8) is 0 Å². The number of anilines is 1. The Morgan fingerprint density at radius 1 is 1.38 bits per heavy atom. The van der Waals surface area contributed by atoms with Gasteiger partial charge in [-0.3, -0.25) is 0 Å². The van der Waals surface area contributed by atoms with Gasteiger partial charge in [0.2, 0.25) is 0 Å². The van der Waals surface area contributed by atoms with Gasteiger partial charge in [0, 0.05) is 25.3 Å². The van der Waals surface area contributed by atoms with Gasteiger partial charge in [0.1, 0.15) is 0 Å². The lowest BCUT2D eigenvalue weighted by molar-refractivity contribution is 0.589. The highest BCUT2D eigenvalue weighted by Crippen LogP contribution is 2.34. The van der Waals surface area contributed by atoms with E-state index in [9.17, 15) is 0 Å². The zero-order valence-corrected chi connectivity index (χ0v) is 10.7. The summed E-state index contributed by atoms with van der Waals surface area (Å²) in [5.41, 5.74) is 10.2. The second-order valence-corrected chi connectivity index (χ2v) is 5.80. The summed E-state index contributed by atoms with van der Waals surface area (Å²) in [6.45, 7) is 7.51. The van der Waals surface area contributed by atoms with E-state index in [4.69, 9.17) is 5.73 Å². The van der Waals surface area contributed by atoms with Crippen LogP contribution in [-0.4, -0.2) is 19.6 Å². The van der Waals surface area contributed by atoms with E-state index in [1.54, 1.807) is 0 Å². The van der Waals surface area contributed by atoms with E-state index in [2.05, 4.69) is 50.9 Å². The van der Waals surface area contributed by atoms with Gasteiger partial charge in [-0.05, 0) is 29.0 Å². The lowest BCUT2D eigenvalue weighted by atomic mass is 9.86. The SMILES string of the molecule is CN1c2ccc(C(C)(C)C)cc2CC1CN. The molecule has 0 saturated heterocycles. The van der Waals surface area contributed by atoms with Crippen molar-refractivity contribution >= 4 is 5.69 Å². The lowest BCUT2D eigenvalue weighted by Crippen LogP contribution is -2.34. The Kier molecular flexibility index (Phi) is 2.70. The number of fused-ring (bicyclic) bond motifs is 1. The molecule has 0 radical (unpaired) electrons. The number of nitrogens with two attached hydrogens (primary N) is 1. The number of hydrogen-bond acceptors (Lipinski definition) is 2. The van der Waals surface area contributed by atoms with Gasteiger partial charge >= 0.3 is 0 Å². The minimum atomic E-state index is 0.231. The van der Waals surface area contributed by atoms with E-state index in [-0.39, 0.29) is 5.41 Å². The minimum absolute atomic E-state index is 0.231. The Balaban J connectivity index is 2.37. The van der Waals surface area contributed by atoms with Crippen molar-refractivity contribution in [1.82, 2.24) is 0 Å². The van der Waals surface area contributed by atoms with E-state index >= 15 is 0 Å². The number of hydrogen-bond donors (Lipinski definition) is 1. The van der Waals surface area contributed by atoms with Crippen molar-refractivity contribution in [2.24, 2.45) is 5.73 Å². The molecule has 0 bridgehead atoms. The Bertz CT molecular complexity index is 390. The molecule has 0 fully saturated rings. The largest absolute Gasteiger partial charge is 0.370 e. The van der Waals surface area contributed by atoms with E-state index in [1.165, 1.54) is 16.8 Å². The van der Waals surface area contributed by atoms with Crippen LogP contribution in [0.2, 0.25) is 0 Å². The van der Waals surface area contributed by atoms with Crippen LogP contribution >= 0.6 is 0 Å². The Morgan fingerprint density at radius 2 is 2.06 bits per heavy atom. The van der Waals surface area contributed by atoms with Crippen molar-refractivity contribution in [2.75, 3.05) is 18.5 Å². The highest BCUT2D eigenvalue weighted by Gasteiger charge is 2.26. The van der Waals surface area contributed by atoms with Crippen LogP contribution in [-0.2, 0) is 11.8 Å². The van der Waals surface area contributed by atoms with Crippen molar-refractivity contribution in [3.8, 4) is 0 Å². The molecule has 0 spiro atoms. The van der Waals surface area contributed by atoms with Gasteiger partial charge in [-0.1, -0.05) is 32.9 Å². The summed E-state index contributed by atoms with van der Waals surface area (Å²) in [6.07, 6.45) is 1.09. The maximum atomic E-state index is 5.79. The topological polar surface area (TPSA) is 29.3 Å². The van der Waals surface area contributed by atoms with Crippen LogP contribution in [0.15, 0.2) is 18.2 Å². The molecule has 2 rings (SSSR count). The summed E-state index contributed by atoms with van der Waals surface area (Å²) < 4.78 is 0. The molecule has 0 aliphatic carbocycles. The molecule has 0 aromatic heterocycles. The summed E-state index contributed by atoms with van der Waals surface area (Å²) in [4.78, 5) is 2.31. The molecule has 2 nitrogen and oxygen atoms in total. The van der Waals surface area contributed by atoms with Crippen molar-refractivity contribution in [3.05, 3.63) is 29.3 Å². The second-order valence-electron chi connectivity index (χ2n) is 5.80. The molecule has 1 heterocycles. The van der Waals surface area contributed by atoms with Gasteiger partial charge in [0.15, 0.2) is 0 Å². The van der Waals surface area contributed by atoms with E-state index < -0.39 is 0 Å². The fraction of sp³-hybridized carbons (Fsp3) is 0.571. The fourth-order valence-electron chi connectivity index (χ4n) is 2.39. The monoisotopic (exact) mass is 218 g/mol. The molecular weight excluding hydrogens is 196 g/mol. The highest BCUT2D eigenvalue weighted by molar-refractivity contribution is 5.60. The molecule has 2 heteroatoms. The summed E-state index contributed by atoms with van der Waals surface area (Å²) in [6, 6.07) is 7.31. The molecule has 1 aliphatic rings. The van der Waals surface area contributed by atoms with E-state index in [0.29, 0.717) is 6.04 Å². The molecule has 1 atom stereocenters. The molecule has 88 valence electrons. The van der Waals surface area contributed by atoms with Gasteiger partial charge in [0.25, 0.3) is 0 Å². The standard InChI is InChI=1S/C14H22N2/c1-14(2,3)11-5-6-13-10(7-11)8-12(9-15)16(13)4/h5-7,12H,8-9,15H2,1-4H3. The van der Waals surface area contributed by atoms with Crippen LogP contribution in [0.3, 0.4) is 0 Å². The third-order valence-corrected chi connectivity index (χ3v) is 3.60. The van der Waals surface area contributed by atoms with Crippen LogP contribution < -0.4 is 10.6 Å². The molecule has 1 aliphatic heterocycles. The average molecular weight is 218 g/mol.